The molecule has 0 saturated heterocycles. The Morgan fingerprint density at radius 3 is 2.09 bits per heavy atom. The number of rotatable bonds is 11. The molecular weight excluding hydrogens is 575 g/mol. The molecule has 1 amide bonds. The molecule has 4 rings (SSSR count). The Labute approximate surface area is 251 Å². The molecule has 4 aromatic rings. The van der Waals surface area contributed by atoms with Crippen molar-refractivity contribution in [1.82, 2.24) is 14.2 Å². The summed E-state index contributed by atoms with van der Waals surface area (Å²) in [5.74, 6) is -0.428. The topological polar surface area (TPSA) is 73.5 Å². The molecule has 1 heterocycles. The summed E-state index contributed by atoms with van der Waals surface area (Å²) in [6.45, 7) is 8.02. The first-order chi connectivity index (χ1) is 20.2. The highest BCUT2D eigenvalue weighted by Crippen LogP contribution is 2.29. The highest BCUT2D eigenvalue weighted by molar-refractivity contribution is 7.89. The van der Waals surface area contributed by atoms with Crippen LogP contribution in [0.15, 0.2) is 83.9 Å². The molecule has 0 atom stereocenters. The van der Waals surface area contributed by atoms with E-state index in [2.05, 4.69) is 4.98 Å². The molecule has 0 bridgehead atoms. The number of carbonyl (C=O) groups is 1. The number of carbonyl (C=O) groups excluding carboxylic acids is 1. The van der Waals surface area contributed by atoms with Gasteiger partial charge >= 0.3 is 6.18 Å². The minimum Gasteiger partial charge on any atom is -0.361 e. The van der Waals surface area contributed by atoms with E-state index < -0.39 is 27.7 Å². The SMILES string of the molecule is CCCN(CC(=O)N(CCc1c[nH]c2ccccc12)Cc1ccc(C(F)(F)F)cc1)S(=O)(=O)c1ccc(C(C)(C)C)cc1. The summed E-state index contributed by atoms with van der Waals surface area (Å²) >= 11 is 0. The standard InChI is InChI=1S/C33H38F3N3O3S/c1-5-19-39(43(41,42)28-16-14-26(15-17-28)32(2,3)4)23-31(40)38(22-24-10-12-27(13-11-24)33(34,35)36)20-18-25-21-37-30-9-7-6-8-29(25)30/h6-17,21,37H,5,18-20,22-23H2,1-4H3. The van der Waals surface area contributed by atoms with Gasteiger partial charge in [0.15, 0.2) is 0 Å². The molecule has 0 unspecified atom stereocenters. The van der Waals surface area contributed by atoms with Crippen molar-refractivity contribution >= 4 is 26.8 Å². The van der Waals surface area contributed by atoms with E-state index >= 15 is 0 Å². The maximum atomic E-state index is 13.8. The second kappa shape index (κ2) is 12.9. The number of aromatic amines is 1. The summed E-state index contributed by atoms with van der Waals surface area (Å²) in [4.78, 5) is 18.6. The Morgan fingerprint density at radius 1 is 0.860 bits per heavy atom. The number of sulfonamides is 1. The number of fused-ring (bicyclic) bond motifs is 1. The van der Waals surface area contributed by atoms with Crippen LogP contribution in [-0.4, -0.2) is 48.1 Å². The number of H-pyrrole nitrogens is 1. The lowest BCUT2D eigenvalue weighted by Gasteiger charge is -2.28. The second-order valence-corrected chi connectivity index (χ2v) is 13.7. The van der Waals surface area contributed by atoms with Crippen LogP contribution in [0.25, 0.3) is 10.9 Å². The van der Waals surface area contributed by atoms with Gasteiger partial charge in [0.05, 0.1) is 17.0 Å². The van der Waals surface area contributed by atoms with Gasteiger partial charge in [0, 0.05) is 36.7 Å². The third-order valence-electron chi connectivity index (χ3n) is 7.48. The fraction of sp³-hybridized carbons (Fsp3) is 0.364. The Kier molecular flexibility index (Phi) is 9.71. The van der Waals surface area contributed by atoms with E-state index in [1.807, 2.05) is 58.2 Å². The van der Waals surface area contributed by atoms with Crippen molar-refractivity contribution in [2.45, 2.75) is 63.6 Å². The van der Waals surface area contributed by atoms with Gasteiger partial charge in [-0.05, 0) is 65.3 Å². The number of hydrogen-bond acceptors (Lipinski definition) is 3. The lowest BCUT2D eigenvalue weighted by atomic mass is 9.87. The molecule has 6 nitrogen and oxygen atoms in total. The van der Waals surface area contributed by atoms with E-state index in [1.54, 1.807) is 24.3 Å². The average molecular weight is 614 g/mol. The molecule has 0 fully saturated rings. The number of nitrogens with zero attached hydrogens (tertiary/aromatic N) is 2. The van der Waals surface area contributed by atoms with Crippen molar-refractivity contribution in [3.05, 3.63) is 101 Å². The van der Waals surface area contributed by atoms with Crippen LogP contribution in [0.5, 0.6) is 0 Å². The summed E-state index contributed by atoms with van der Waals surface area (Å²) in [6, 6.07) is 19.2. The molecule has 230 valence electrons. The summed E-state index contributed by atoms with van der Waals surface area (Å²) in [5.41, 5.74) is 2.53. The zero-order valence-electron chi connectivity index (χ0n) is 24.9. The molecule has 1 aromatic heterocycles. The summed E-state index contributed by atoms with van der Waals surface area (Å²) in [7, 11) is -3.98. The molecule has 3 aromatic carbocycles. The predicted molar refractivity (Wildman–Crippen MR) is 163 cm³/mol. The van der Waals surface area contributed by atoms with Crippen molar-refractivity contribution in [1.29, 1.82) is 0 Å². The Bertz CT molecular complexity index is 1640. The van der Waals surface area contributed by atoms with Crippen LogP contribution >= 0.6 is 0 Å². The smallest absolute Gasteiger partial charge is 0.361 e. The first-order valence-corrected chi connectivity index (χ1v) is 15.7. The van der Waals surface area contributed by atoms with Gasteiger partial charge in [-0.3, -0.25) is 4.79 Å². The van der Waals surface area contributed by atoms with Gasteiger partial charge < -0.3 is 9.88 Å². The quantitative estimate of drug-likeness (QED) is 0.195. The molecule has 0 saturated carbocycles. The summed E-state index contributed by atoms with van der Waals surface area (Å²) < 4.78 is 67.9. The normalized spacial score (nSPS) is 12.7. The number of hydrogen-bond donors (Lipinski definition) is 1. The van der Waals surface area contributed by atoms with Crippen LogP contribution in [-0.2, 0) is 39.4 Å². The van der Waals surface area contributed by atoms with E-state index in [9.17, 15) is 26.4 Å². The molecule has 0 radical (unpaired) electrons. The van der Waals surface area contributed by atoms with E-state index in [-0.39, 0.29) is 36.5 Å². The number of benzene rings is 3. The predicted octanol–water partition coefficient (Wildman–Crippen LogP) is 7.16. The van der Waals surface area contributed by atoms with E-state index in [0.717, 1.165) is 34.2 Å². The fourth-order valence-electron chi connectivity index (χ4n) is 4.97. The molecular formula is C33H38F3N3O3S. The van der Waals surface area contributed by atoms with Gasteiger partial charge in [0.25, 0.3) is 0 Å². The fourth-order valence-corrected chi connectivity index (χ4v) is 6.45. The van der Waals surface area contributed by atoms with Crippen LogP contribution in [0.4, 0.5) is 13.2 Å². The summed E-state index contributed by atoms with van der Waals surface area (Å²) in [6.07, 6.45) is -1.62. The zero-order valence-corrected chi connectivity index (χ0v) is 25.7. The lowest BCUT2D eigenvalue weighted by molar-refractivity contribution is -0.137. The van der Waals surface area contributed by atoms with Crippen molar-refractivity contribution in [3.63, 3.8) is 0 Å². The minimum absolute atomic E-state index is 0.0413. The highest BCUT2D eigenvalue weighted by atomic mass is 32.2. The number of alkyl halides is 3. The largest absolute Gasteiger partial charge is 0.416 e. The molecule has 0 aliphatic heterocycles. The van der Waals surface area contributed by atoms with Crippen molar-refractivity contribution in [2.24, 2.45) is 0 Å². The number of amides is 1. The van der Waals surface area contributed by atoms with Gasteiger partial charge in [0.1, 0.15) is 0 Å². The van der Waals surface area contributed by atoms with Crippen LogP contribution < -0.4 is 0 Å². The average Bonchev–Trinajstić information content (AvgIpc) is 3.37. The lowest BCUT2D eigenvalue weighted by Crippen LogP contribution is -2.43. The van der Waals surface area contributed by atoms with Crippen molar-refractivity contribution in [3.8, 4) is 0 Å². The number of aromatic nitrogens is 1. The first kappa shape index (κ1) is 32.3. The second-order valence-electron chi connectivity index (χ2n) is 11.7. The van der Waals surface area contributed by atoms with Gasteiger partial charge in [-0.15, -0.1) is 0 Å². The third-order valence-corrected chi connectivity index (χ3v) is 9.34. The van der Waals surface area contributed by atoms with Gasteiger partial charge in [-0.25, -0.2) is 8.42 Å². The van der Waals surface area contributed by atoms with Crippen LogP contribution in [0, 0.1) is 0 Å². The zero-order chi connectivity index (χ0) is 31.4. The maximum Gasteiger partial charge on any atom is 0.416 e. The van der Waals surface area contributed by atoms with Crippen LogP contribution in [0.2, 0.25) is 0 Å². The molecule has 1 N–H and O–H groups in total. The van der Waals surface area contributed by atoms with E-state index in [0.29, 0.717) is 18.4 Å². The van der Waals surface area contributed by atoms with Crippen molar-refractivity contribution < 1.29 is 26.4 Å². The van der Waals surface area contributed by atoms with Crippen LogP contribution in [0.1, 0.15) is 56.4 Å². The monoisotopic (exact) mass is 613 g/mol. The molecule has 0 spiro atoms. The highest BCUT2D eigenvalue weighted by Gasteiger charge is 2.31. The van der Waals surface area contributed by atoms with Crippen molar-refractivity contribution in [2.75, 3.05) is 19.6 Å². The number of halogens is 3. The number of para-hydroxylation sites is 1. The summed E-state index contributed by atoms with van der Waals surface area (Å²) in [5, 5.41) is 1.01. The first-order valence-electron chi connectivity index (χ1n) is 14.3. The Hall–Kier alpha value is -3.63. The molecule has 0 aliphatic rings. The van der Waals surface area contributed by atoms with Gasteiger partial charge in [0.2, 0.25) is 15.9 Å². The third kappa shape index (κ3) is 7.86. The van der Waals surface area contributed by atoms with Crippen LogP contribution in [0.3, 0.4) is 0 Å². The van der Waals surface area contributed by atoms with E-state index in [4.69, 9.17) is 0 Å². The maximum absolute atomic E-state index is 13.8. The van der Waals surface area contributed by atoms with Gasteiger partial charge in [-0.1, -0.05) is 70.2 Å². The molecule has 0 aliphatic carbocycles. The Balaban J connectivity index is 1.59. The Morgan fingerprint density at radius 2 is 1.49 bits per heavy atom. The molecule has 43 heavy (non-hydrogen) atoms. The minimum atomic E-state index is -4.47. The number of nitrogens with one attached hydrogen (secondary N) is 1. The van der Waals surface area contributed by atoms with Gasteiger partial charge in [-0.2, -0.15) is 17.5 Å². The van der Waals surface area contributed by atoms with E-state index in [1.165, 1.54) is 21.3 Å². The molecule has 10 heteroatoms.